The second kappa shape index (κ2) is 6.34. The normalized spacial score (nSPS) is 10.6. The maximum Gasteiger partial charge on any atom is 0.187 e. The molecule has 0 atom stereocenters. The standard InChI is InChI=1S/C16H16FN5/c1-2-14-15(17)16(19-11-18-14)21-13-6-3-5-12(9-13)10-22-8-4-7-20-22/h3-9,11H,2,10H2,1H3,(H,18,19,21). The van der Waals surface area contributed by atoms with Crippen LogP contribution < -0.4 is 5.32 Å². The second-order valence-corrected chi connectivity index (χ2v) is 4.87. The molecular weight excluding hydrogens is 281 g/mol. The summed E-state index contributed by atoms with van der Waals surface area (Å²) in [5.41, 5.74) is 2.26. The van der Waals surface area contributed by atoms with E-state index in [1.54, 1.807) is 6.20 Å². The fourth-order valence-electron chi connectivity index (χ4n) is 2.21. The molecule has 0 unspecified atom stereocenters. The molecule has 0 spiro atoms. The Morgan fingerprint density at radius 1 is 1.23 bits per heavy atom. The van der Waals surface area contributed by atoms with E-state index in [0.29, 0.717) is 18.7 Å². The van der Waals surface area contributed by atoms with Crippen LogP contribution in [0.25, 0.3) is 0 Å². The predicted octanol–water partition coefficient (Wildman–Crippen LogP) is 3.17. The summed E-state index contributed by atoms with van der Waals surface area (Å²) in [6.07, 6.45) is 5.54. The monoisotopic (exact) mass is 297 g/mol. The van der Waals surface area contributed by atoms with Crippen LogP contribution in [0.15, 0.2) is 49.1 Å². The summed E-state index contributed by atoms with van der Waals surface area (Å²) >= 11 is 0. The Hall–Kier alpha value is -2.76. The maximum atomic E-state index is 14.2. The molecule has 3 rings (SSSR count). The number of nitrogens with zero attached hydrogens (tertiary/aromatic N) is 4. The highest BCUT2D eigenvalue weighted by atomic mass is 19.1. The van der Waals surface area contributed by atoms with Crippen molar-refractivity contribution in [1.29, 1.82) is 0 Å². The van der Waals surface area contributed by atoms with Crippen LogP contribution in [0.5, 0.6) is 0 Å². The van der Waals surface area contributed by atoms with Crippen LogP contribution in [-0.4, -0.2) is 19.7 Å². The van der Waals surface area contributed by atoms with Crippen molar-refractivity contribution in [3.63, 3.8) is 0 Å². The topological polar surface area (TPSA) is 55.6 Å². The lowest BCUT2D eigenvalue weighted by molar-refractivity contribution is 0.598. The number of anilines is 2. The molecule has 2 heterocycles. The Balaban J connectivity index is 1.81. The van der Waals surface area contributed by atoms with Gasteiger partial charge in [0.2, 0.25) is 0 Å². The van der Waals surface area contributed by atoms with E-state index in [9.17, 15) is 4.39 Å². The molecule has 0 bridgehead atoms. The van der Waals surface area contributed by atoms with Gasteiger partial charge >= 0.3 is 0 Å². The summed E-state index contributed by atoms with van der Waals surface area (Å²) in [6.45, 7) is 2.52. The number of hydrogen-bond acceptors (Lipinski definition) is 4. The predicted molar refractivity (Wildman–Crippen MR) is 82.4 cm³/mol. The van der Waals surface area contributed by atoms with Gasteiger partial charge in [0.25, 0.3) is 0 Å². The Labute approximate surface area is 127 Å². The first kappa shape index (κ1) is 14.2. The molecule has 0 radical (unpaired) electrons. The van der Waals surface area contributed by atoms with Crippen LogP contribution in [-0.2, 0) is 13.0 Å². The zero-order valence-electron chi connectivity index (χ0n) is 12.2. The molecule has 3 aromatic rings. The summed E-state index contributed by atoms with van der Waals surface area (Å²) in [6, 6.07) is 9.63. The summed E-state index contributed by atoms with van der Waals surface area (Å²) in [5, 5.41) is 7.19. The van der Waals surface area contributed by atoms with Crippen LogP contribution in [0.1, 0.15) is 18.2 Å². The maximum absolute atomic E-state index is 14.2. The summed E-state index contributed by atoms with van der Waals surface area (Å²) < 4.78 is 16.0. The minimum absolute atomic E-state index is 0.197. The first-order chi connectivity index (χ1) is 10.8. The van der Waals surface area contributed by atoms with Gasteiger partial charge in [-0.1, -0.05) is 19.1 Å². The number of benzene rings is 1. The van der Waals surface area contributed by atoms with E-state index < -0.39 is 5.82 Å². The average molecular weight is 297 g/mol. The van der Waals surface area contributed by atoms with Gasteiger partial charge in [-0.2, -0.15) is 5.10 Å². The van der Waals surface area contributed by atoms with Gasteiger partial charge in [-0.25, -0.2) is 14.4 Å². The van der Waals surface area contributed by atoms with Crippen molar-refractivity contribution in [3.05, 3.63) is 66.1 Å². The van der Waals surface area contributed by atoms with E-state index in [-0.39, 0.29) is 5.82 Å². The highest BCUT2D eigenvalue weighted by molar-refractivity contribution is 5.57. The number of rotatable bonds is 5. The van der Waals surface area contributed by atoms with Crippen molar-refractivity contribution in [2.75, 3.05) is 5.32 Å². The lowest BCUT2D eigenvalue weighted by atomic mass is 10.2. The van der Waals surface area contributed by atoms with Gasteiger partial charge in [0.15, 0.2) is 11.6 Å². The van der Waals surface area contributed by atoms with Gasteiger partial charge in [-0.05, 0) is 30.2 Å². The number of halogens is 1. The Kier molecular flexibility index (Phi) is 4.09. The van der Waals surface area contributed by atoms with Crippen molar-refractivity contribution in [2.45, 2.75) is 19.9 Å². The van der Waals surface area contributed by atoms with Gasteiger partial charge in [0, 0.05) is 18.1 Å². The van der Waals surface area contributed by atoms with E-state index in [0.717, 1.165) is 11.3 Å². The first-order valence-corrected chi connectivity index (χ1v) is 7.09. The summed E-state index contributed by atoms with van der Waals surface area (Å²) in [4.78, 5) is 7.90. The van der Waals surface area contributed by atoms with Crippen molar-refractivity contribution >= 4 is 11.5 Å². The van der Waals surface area contributed by atoms with E-state index in [1.165, 1.54) is 6.33 Å². The molecule has 0 saturated carbocycles. The van der Waals surface area contributed by atoms with Crippen molar-refractivity contribution in [1.82, 2.24) is 19.7 Å². The van der Waals surface area contributed by atoms with E-state index >= 15 is 0 Å². The molecular formula is C16H16FN5. The fourth-order valence-corrected chi connectivity index (χ4v) is 2.21. The van der Waals surface area contributed by atoms with E-state index in [2.05, 4.69) is 20.4 Å². The number of aromatic nitrogens is 4. The molecule has 0 aliphatic rings. The summed E-state index contributed by atoms with van der Waals surface area (Å²) in [5.74, 6) is -0.203. The molecule has 22 heavy (non-hydrogen) atoms. The van der Waals surface area contributed by atoms with Crippen LogP contribution >= 0.6 is 0 Å². The van der Waals surface area contributed by atoms with Gasteiger partial charge < -0.3 is 5.32 Å². The Bertz CT molecular complexity index is 755. The third-order valence-corrected chi connectivity index (χ3v) is 3.29. The quantitative estimate of drug-likeness (QED) is 0.786. The molecule has 0 saturated heterocycles. The molecule has 0 amide bonds. The van der Waals surface area contributed by atoms with Crippen LogP contribution in [0.3, 0.4) is 0 Å². The molecule has 1 N–H and O–H groups in total. The average Bonchev–Trinajstić information content (AvgIpc) is 3.03. The molecule has 2 aromatic heterocycles. The highest BCUT2D eigenvalue weighted by Crippen LogP contribution is 2.20. The third-order valence-electron chi connectivity index (χ3n) is 3.29. The van der Waals surface area contributed by atoms with Crippen LogP contribution in [0.4, 0.5) is 15.9 Å². The lowest BCUT2D eigenvalue weighted by Crippen LogP contribution is -2.04. The minimum Gasteiger partial charge on any atom is -0.338 e. The molecule has 1 aromatic carbocycles. The van der Waals surface area contributed by atoms with Crippen molar-refractivity contribution in [2.24, 2.45) is 0 Å². The second-order valence-electron chi connectivity index (χ2n) is 4.87. The molecule has 0 fully saturated rings. The fraction of sp³-hybridized carbons (Fsp3) is 0.188. The van der Waals surface area contributed by atoms with Gasteiger partial charge in [0.05, 0.1) is 12.2 Å². The minimum atomic E-state index is -0.400. The largest absolute Gasteiger partial charge is 0.338 e. The van der Waals surface area contributed by atoms with Crippen LogP contribution in [0, 0.1) is 5.82 Å². The molecule has 6 heteroatoms. The van der Waals surface area contributed by atoms with Crippen molar-refractivity contribution in [3.8, 4) is 0 Å². The van der Waals surface area contributed by atoms with Crippen LogP contribution in [0.2, 0.25) is 0 Å². The summed E-state index contributed by atoms with van der Waals surface area (Å²) in [7, 11) is 0. The van der Waals surface area contributed by atoms with Gasteiger partial charge in [-0.3, -0.25) is 4.68 Å². The zero-order chi connectivity index (χ0) is 15.4. The number of hydrogen-bond donors (Lipinski definition) is 1. The lowest BCUT2D eigenvalue weighted by Gasteiger charge is -2.10. The van der Waals surface area contributed by atoms with Gasteiger partial charge in [0.1, 0.15) is 6.33 Å². The molecule has 112 valence electrons. The molecule has 0 aliphatic carbocycles. The molecule has 0 aliphatic heterocycles. The third kappa shape index (κ3) is 3.11. The zero-order valence-corrected chi connectivity index (χ0v) is 12.2. The number of aryl methyl sites for hydroxylation is 1. The molecule has 5 nitrogen and oxygen atoms in total. The Morgan fingerprint density at radius 2 is 2.14 bits per heavy atom. The smallest absolute Gasteiger partial charge is 0.187 e. The van der Waals surface area contributed by atoms with Gasteiger partial charge in [-0.15, -0.1) is 0 Å². The number of nitrogens with one attached hydrogen (secondary N) is 1. The first-order valence-electron chi connectivity index (χ1n) is 7.09. The van der Waals surface area contributed by atoms with E-state index in [1.807, 2.05) is 48.1 Å². The van der Waals surface area contributed by atoms with E-state index in [4.69, 9.17) is 0 Å². The SMILES string of the molecule is CCc1ncnc(Nc2cccc(Cn3cccn3)c2)c1F. The Morgan fingerprint density at radius 3 is 2.91 bits per heavy atom. The van der Waals surface area contributed by atoms with Crippen molar-refractivity contribution < 1.29 is 4.39 Å². The highest BCUT2D eigenvalue weighted by Gasteiger charge is 2.09.